The molecule has 1 atom stereocenters. The molecule has 2 N–H and O–H groups in total. The molecule has 0 amide bonds. The van der Waals surface area contributed by atoms with E-state index in [1.165, 1.54) is 12.1 Å². The Morgan fingerprint density at radius 2 is 1.75 bits per heavy atom. The molecule has 6 heteroatoms. The van der Waals surface area contributed by atoms with Crippen LogP contribution in [-0.4, -0.2) is 42.7 Å². The van der Waals surface area contributed by atoms with Crippen LogP contribution in [0.4, 0.5) is 4.39 Å². The zero-order valence-electron chi connectivity index (χ0n) is 11.4. The predicted octanol–water partition coefficient (Wildman–Crippen LogP) is 2.39. The third-order valence-electron chi connectivity index (χ3n) is 3.42. The number of hydrogen-bond donors (Lipinski definition) is 2. The Morgan fingerprint density at radius 1 is 1.15 bits per heavy atom. The van der Waals surface area contributed by atoms with Gasteiger partial charge in [0.15, 0.2) is 0 Å². The van der Waals surface area contributed by atoms with Gasteiger partial charge in [0.25, 0.3) is 0 Å². The molecule has 3 nitrogen and oxygen atoms in total. The van der Waals surface area contributed by atoms with Gasteiger partial charge in [-0.15, -0.1) is 24.8 Å². The van der Waals surface area contributed by atoms with Gasteiger partial charge in [0, 0.05) is 26.2 Å². The van der Waals surface area contributed by atoms with Crippen molar-refractivity contribution in [1.82, 2.24) is 10.2 Å². The second-order valence-corrected chi connectivity index (χ2v) is 4.80. The maximum atomic E-state index is 12.8. The van der Waals surface area contributed by atoms with Crippen molar-refractivity contribution in [2.45, 2.75) is 18.9 Å². The van der Waals surface area contributed by atoms with Crippen LogP contribution in [-0.2, 0) is 0 Å². The summed E-state index contributed by atoms with van der Waals surface area (Å²) >= 11 is 0. The fourth-order valence-electron chi connectivity index (χ4n) is 2.29. The SMILES string of the molecule is Cl.Cl.O[C@H](CCCN1CCNCC1)c1ccc(F)cc1. The molecule has 2 rings (SSSR count). The molecule has 0 aliphatic carbocycles. The third-order valence-corrected chi connectivity index (χ3v) is 3.42. The number of nitrogens with zero attached hydrogens (tertiary/aromatic N) is 1. The number of benzene rings is 1. The molecule has 0 aromatic heterocycles. The van der Waals surface area contributed by atoms with E-state index in [4.69, 9.17) is 0 Å². The number of hydrogen-bond acceptors (Lipinski definition) is 3. The summed E-state index contributed by atoms with van der Waals surface area (Å²) in [6.45, 7) is 5.32. The summed E-state index contributed by atoms with van der Waals surface area (Å²) in [5.41, 5.74) is 0.803. The van der Waals surface area contributed by atoms with Crippen LogP contribution in [0.2, 0.25) is 0 Å². The van der Waals surface area contributed by atoms with Gasteiger partial charge in [-0.1, -0.05) is 12.1 Å². The summed E-state index contributed by atoms with van der Waals surface area (Å²) < 4.78 is 12.8. The van der Waals surface area contributed by atoms with Gasteiger partial charge >= 0.3 is 0 Å². The number of halogens is 3. The molecule has 1 saturated heterocycles. The van der Waals surface area contributed by atoms with Crippen molar-refractivity contribution in [2.24, 2.45) is 0 Å². The molecule has 0 bridgehead atoms. The first kappa shape index (κ1) is 19.6. The summed E-state index contributed by atoms with van der Waals surface area (Å²) in [6, 6.07) is 6.11. The second-order valence-electron chi connectivity index (χ2n) is 4.80. The normalized spacial score (nSPS) is 16.9. The van der Waals surface area contributed by atoms with Crippen molar-refractivity contribution >= 4 is 24.8 Å². The Morgan fingerprint density at radius 3 is 2.35 bits per heavy atom. The highest BCUT2D eigenvalue weighted by Crippen LogP contribution is 2.18. The number of rotatable bonds is 5. The highest BCUT2D eigenvalue weighted by Gasteiger charge is 2.11. The van der Waals surface area contributed by atoms with Gasteiger partial charge in [0.2, 0.25) is 0 Å². The summed E-state index contributed by atoms with van der Waals surface area (Å²) in [5.74, 6) is -0.258. The Hall–Kier alpha value is -0.390. The van der Waals surface area contributed by atoms with Crippen LogP contribution >= 0.6 is 24.8 Å². The molecule has 0 unspecified atom stereocenters. The molecule has 1 aromatic carbocycles. The zero-order valence-corrected chi connectivity index (χ0v) is 13.1. The fourth-order valence-corrected chi connectivity index (χ4v) is 2.29. The first-order chi connectivity index (χ1) is 8.75. The molecule has 0 spiro atoms. The van der Waals surface area contributed by atoms with E-state index in [1.807, 2.05) is 0 Å². The largest absolute Gasteiger partial charge is 0.388 e. The lowest BCUT2D eigenvalue weighted by Gasteiger charge is -2.27. The molecule has 0 saturated carbocycles. The number of aliphatic hydroxyl groups excluding tert-OH is 1. The average molecular weight is 325 g/mol. The minimum atomic E-state index is -0.478. The van der Waals surface area contributed by atoms with Crippen LogP contribution in [0.3, 0.4) is 0 Å². The van der Waals surface area contributed by atoms with Crippen LogP contribution in [0.15, 0.2) is 24.3 Å². The Balaban J connectivity index is 0.00000180. The summed E-state index contributed by atoms with van der Waals surface area (Å²) in [5, 5.41) is 13.3. The Bertz CT molecular complexity index is 359. The lowest BCUT2D eigenvalue weighted by atomic mass is 10.0. The third kappa shape index (κ3) is 6.37. The molecular formula is C14H23Cl2FN2O. The van der Waals surface area contributed by atoms with Crippen molar-refractivity contribution in [3.8, 4) is 0 Å². The molecule has 1 aliphatic heterocycles. The maximum absolute atomic E-state index is 12.8. The molecule has 1 heterocycles. The molecule has 1 aliphatic rings. The number of piperazine rings is 1. The lowest BCUT2D eigenvalue weighted by molar-refractivity contribution is 0.152. The van der Waals surface area contributed by atoms with E-state index in [-0.39, 0.29) is 30.6 Å². The molecule has 20 heavy (non-hydrogen) atoms. The van der Waals surface area contributed by atoms with Crippen molar-refractivity contribution in [3.05, 3.63) is 35.6 Å². The van der Waals surface area contributed by atoms with E-state index >= 15 is 0 Å². The van der Waals surface area contributed by atoms with Gasteiger partial charge < -0.3 is 15.3 Å². The van der Waals surface area contributed by atoms with Gasteiger partial charge in [0.1, 0.15) is 5.82 Å². The van der Waals surface area contributed by atoms with E-state index in [0.29, 0.717) is 0 Å². The van der Waals surface area contributed by atoms with E-state index in [9.17, 15) is 9.50 Å². The molecule has 1 aromatic rings. The topological polar surface area (TPSA) is 35.5 Å². The van der Waals surface area contributed by atoms with Crippen molar-refractivity contribution in [3.63, 3.8) is 0 Å². The summed E-state index contributed by atoms with van der Waals surface area (Å²) in [6.07, 6.45) is 1.22. The van der Waals surface area contributed by atoms with Crippen LogP contribution in [0.25, 0.3) is 0 Å². The maximum Gasteiger partial charge on any atom is 0.123 e. The minimum Gasteiger partial charge on any atom is -0.388 e. The molecular weight excluding hydrogens is 302 g/mol. The van der Waals surface area contributed by atoms with Gasteiger partial charge in [-0.3, -0.25) is 0 Å². The van der Waals surface area contributed by atoms with Crippen molar-refractivity contribution in [1.29, 1.82) is 0 Å². The second kappa shape index (κ2) is 10.4. The van der Waals surface area contributed by atoms with E-state index < -0.39 is 6.10 Å². The van der Waals surface area contributed by atoms with E-state index in [0.717, 1.165) is 51.1 Å². The van der Waals surface area contributed by atoms with E-state index in [1.54, 1.807) is 12.1 Å². The van der Waals surface area contributed by atoms with Gasteiger partial charge in [-0.2, -0.15) is 0 Å². The highest BCUT2D eigenvalue weighted by molar-refractivity contribution is 5.85. The Labute approximate surface area is 132 Å². The van der Waals surface area contributed by atoms with E-state index in [2.05, 4.69) is 10.2 Å². The highest BCUT2D eigenvalue weighted by atomic mass is 35.5. The van der Waals surface area contributed by atoms with Gasteiger partial charge in [0.05, 0.1) is 6.10 Å². The van der Waals surface area contributed by atoms with Crippen LogP contribution in [0.5, 0.6) is 0 Å². The predicted molar refractivity (Wildman–Crippen MR) is 84.4 cm³/mol. The van der Waals surface area contributed by atoms with Crippen LogP contribution < -0.4 is 5.32 Å². The first-order valence-corrected chi connectivity index (χ1v) is 6.62. The lowest BCUT2D eigenvalue weighted by Crippen LogP contribution is -2.43. The van der Waals surface area contributed by atoms with Crippen molar-refractivity contribution < 1.29 is 9.50 Å². The molecule has 0 radical (unpaired) electrons. The Kier molecular flexibility index (Phi) is 10.2. The summed E-state index contributed by atoms with van der Waals surface area (Å²) in [4.78, 5) is 2.41. The van der Waals surface area contributed by atoms with Crippen LogP contribution in [0.1, 0.15) is 24.5 Å². The minimum absolute atomic E-state index is 0. The fraction of sp³-hybridized carbons (Fsp3) is 0.571. The summed E-state index contributed by atoms with van der Waals surface area (Å²) in [7, 11) is 0. The quantitative estimate of drug-likeness (QED) is 0.873. The zero-order chi connectivity index (χ0) is 12.8. The standard InChI is InChI=1S/C14H21FN2O.2ClH/c15-13-5-3-12(4-6-13)14(18)2-1-9-17-10-7-16-8-11-17;;/h3-6,14,16,18H,1-2,7-11H2;2*1H/t14-;;/m1../s1. The number of nitrogens with one attached hydrogen (secondary N) is 1. The van der Waals surface area contributed by atoms with Gasteiger partial charge in [-0.05, 0) is 37.1 Å². The molecule has 116 valence electrons. The smallest absolute Gasteiger partial charge is 0.123 e. The van der Waals surface area contributed by atoms with Crippen LogP contribution in [0, 0.1) is 5.82 Å². The van der Waals surface area contributed by atoms with Gasteiger partial charge in [-0.25, -0.2) is 4.39 Å². The average Bonchev–Trinajstić information content (AvgIpc) is 2.40. The van der Waals surface area contributed by atoms with Crippen molar-refractivity contribution in [2.75, 3.05) is 32.7 Å². The monoisotopic (exact) mass is 324 g/mol. The first-order valence-electron chi connectivity index (χ1n) is 6.62. The number of aliphatic hydroxyl groups is 1. The molecule has 1 fully saturated rings.